The summed E-state index contributed by atoms with van der Waals surface area (Å²) in [6.07, 6.45) is -9.14. The van der Waals surface area contributed by atoms with E-state index in [1.807, 2.05) is 0 Å². The molecule has 0 bridgehead atoms. The summed E-state index contributed by atoms with van der Waals surface area (Å²) < 4.78 is 74.0. The highest BCUT2D eigenvalue weighted by Gasteiger charge is 2.66. The Labute approximate surface area is 127 Å². The third-order valence-corrected chi connectivity index (χ3v) is 4.70. The molecule has 0 amide bonds. The normalized spacial score (nSPS) is 30.0. The number of fused-ring (bicyclic) bond motifs is 1. The van der Waals surface area contributed by atoms with Crippen LogP contribution in [-0.4, -0.2) is 35.4 Å². The largest absolute Gasteiger partial charge is 0.507 e. The zero-order valence-electron chi connectivity index (χ0n) is 11.5. The molecule has 0 radical (unpaired) electrons. The molecule has 23 heavy (non-hydrogen) atoms. The van der Waals surface area contributed by atoms with Crippen LogP contribution in [0.3, 0.4) is 0 Å². The first-order chi connectivity index (χ1) is 10.5. The number of hydrogen-bond acceptors (Lipinski definition) is 5. The topological polar surface area (TPSA) is 101 Å². The highest BCUT2D eigenvalue weighted by atomic mass is 31.2. The maximum Gasteiger partial charge on any atom is 0.507 e. The molecule has 12 heteroatoms. The van der Waals surface area contributed by atoms with Gasteiger partial charge in [-0.05, 0) is 0 Å². The number of hydrogen-bond donors (Lipinski definition) is 1. The number of ether oxygens (including phenoxy) is 2. The van der Waals surface area contributed by atoms with Gasteiger partial charge in [-0.1, -0.05) is 0 Å². The van der Waals surface area contributed by atoms with Gasteiger partial charge >= 0.3 is 12.2 Å². The second-order valence-corrected chi connectivity index (χ2v) is 7.47. The van der Waals surface area contributed by atoms with Gasteiger partial charge in [0.05, 0.1) is 11.7 Å². The average Bonchev–Trinajstić information content (AvgIpc) is 2.74. The van der Waals surface area contributed by atoms with Crippen LogP contribution >= 0.6 is 7.44 Å². The molecule has 0 aromatic carbocycles. The lowest BCUT2D eigenvalue weighted by Crippen LogP contribution is -2.49. The Morgan fingerprint density at radius 3 is 2.61 bits per heavy atom. The number of amidine groups is 1. The van der Waals surface area contributed by atoms with Gasteiger partial charge in [-0.25, -0.2) is 4.99 Å². The molecule has 0 aromatic rings. The van der Waals surface area contributed by atoms with Crippen molar-refractivity contribution >= 4 is 13.3 Å². The van der Waals surface area contributed by atoms with E-state index in [1.54, 1.807) is 6.07 Å². The number of aliphatic imine (C=N–C) groups is 1. The number of alkyl halides is 4. The summed E-state index contributed by atoms with van der Waals surface area (Å²) in [6.45, 7) is 1.16. The van der Waals surface area contributed by atoms with Gasteiger partial charge in [-0.2, -0.15) is 22.8 Å². The SMILES string of the molecule is CP(N)(=O)N1C(C#N)=NC2=CC3=C(CC21)OC(F)(F)C(F)(F)O3. The predicted molar refractivity (Wildman–Crippen MR) is 68.2 cm³/mol. The monoisotopic (exact) mass is 352 g/mol. The quantitative estimate of drug-likeness (QED) is 0.573. The van der Waals surface area contributed by atoms with Crippen LogP contribution in [0.2, 0.25) is 0 Å². The second kappa shape index (κ2) is 4.49. The molecule has 1 aliphatic carbocycles. The highest BCUT2D eigenvalue weighted by molar-refractivity contribution is 7.59. The Kier molecular flexibility index (Phi) is 3.09. The van der Waals surface area contributed by atoms with Gasteiger partial charge in [0.2, 0.25) is 13.3 Å². The van der Waals surface area contributed by atoms with Crippen LogP contribution in [0, 0.1) is 11.3 Å². The molecule has 2 atom stereocenters. The summed E-state index contributed by atoms with van der Waals surface area (Å²) in [6, 6.07) is 0.742. The van der Waals surface area contributed by atoms with Crippen molar-refractivity contribution in [3.63, 3.8) is 0 Å². The zero-order chi connectivity index (χ0) is 17.2. The summed E-state index contributed by atoms with van der Waals surface area (Å²) in [4.78, 5) is 3.84. The Morgan fingerprint density at radius 2 is 2.04 bits per heavy atom. The van der Waals surface area contributed by atoms with Gasteiger partial charge < -0.3 is 9.47 Å². The van der Waals surface area contributed by atoms with E-state index in [0.29, 0.717) is 0 Å². The van der Waals surface area contributed by atoms with Crippen molar-refractivity contribution in [3.05, 3.63) is 23.3 Å². The van der Waals surface area contributed by atoms with Crippen molar-refractivity contribution in [3.8, 4) is 6.07 Å². The van der Waals surface area contributed by atoms with Crippen LogP contribution in [0.1, 0.15) is 6.42 Å². The molecule has 2 heterocycles. The van der Waals surface area contributed by atoms with E-state index < -0.39 is 43.6 Å². The fraction of sp³-hybridized carbons (Fsp3) is 0.455. The molecular formula is C11H9F4N4O3P. The van der Waals surface area contributed by atoms with Crippen molar-refractivity contribution in [2.75, 3.05) is 6.66 Å². The van der Waals surface area contributed by atoms with Gasteiger partial charge in [0.15, 0.2) is 5.76 Å². The Morgan fingerprint density at radius 1 is 1.43 bits per heavy atom. The molecule has 7 nitrogen and oxygen atoms in total. The molecule has 124 valence electrons. The number of nitriles is 1. The fourth-order valence-corrected chi connectivity index (χ4v) is 3.68. The average molecular weight is 352 g/mol. The van der Waals surface area contributed by atoms with E-state index in [9.17, 15) is 22.1 Å². The Balaban J connectivity index is 2.03. The zero-order valence-corrected chi connectivity index (χ0v) is 12.4. The Bertz CT molecular complexity index is 764. The molecule has 0 saturated heterocycles. The number of nitrogens with two attached hydrogens (primary N) is 1. The lowest BCUT2D eigenvalue weighted by atomic mass is 10.0. The number of nitrogens with zero attached hydrogens (tertiary/aromatic N) is 3. The maximum atomic E-state index is 13.2. The lowest BCUT2D eigenvalue weighted by molar-refractivity contribution is -0.427. The van der Waals surface area contributed by atoms with E-state index in [4.69, 9.17) is 10.8 Å². The van der Waals surface area contributed by atoms with Gasteiger partial charge in [0, 0.05) is 19.2 Å². The lowest BCUT2D eigenvalue weighted by Gasteiger charge is -2.37. The van der Waals surface area contributed by atoms with Crippen molar-refractivity contribution in [1.29, 1.82) is 5.26 Å². The maximum absolute atomic E-state index is 13.2. The van der Waals surface area contributed by atoms with E-state index in [0.717, 1.165) is 17.4 Å². The highest BCUT2D eigenvalue weighted by Crippen LogP contribution is 2.51. The van der Waals surface area contributed by atoms with Crippen molar-refractivity contribution < 1.29 is 31.6 Å². The van der Waals surface area contributed by atoms with Crippen LogP contribution in [0.25, 0.3) is 0 Å². The minimum atomic E-state index is -4.85. The third kappa shape index (κ3) is 2.29. The van der Waals surface area contributed by atoms with E-state index in [1.165, 1.54) is 0 Å². The summed E-state index contributed by atoms with van der Waals surface area (Å²) in [5.74, 6) is -1.46. The van der Waals surface area contributed by atoms with Crippen LogP contribution in [0.15, 0.2) is 28.3 Å². The summed E-state index contributed by atoms with van der Waals surface area (Å²) in [5, 5.41) is 9.03. The summed E-state index contributed by atoms with van der Waals surface area (Å²) >= 11 is 0. The van der Waals surface area contributed by atoms with Crippen LogP contribution in [-0.2, 0) is 14.0 Å². The van der Waals surface area contributed by atoms with Gasteiger partial charge in [0.25, 0.3) is 0 Å². The van der Waals surface area contributed by atoms with Crippen LogP contribution in [0.5, 0.6) is 0 Å². The van der Waals surface area contributed by atoms with Crippen LogP contribution in [0.4, 0.5) is 17.6 Å². The first kappa shape index (κ1) is 15.8. The first-order valence-electron chi connectivity index (χ1n) is 6.19. The Hall–Kier alpha value is -2.05. The molecule has 0 aromatic heterocycles. The number of rotatable bonds is 1. The molecule has 2 unspecified atom stereocenters. The summed E-state index contributed by atoms with van der Waals surface area (Å²) in [7, 11) is -3.50. The smallest absolute Gasteiger partial charge is 0.426 e. The number of allylic oxidation sites excluding steroid dienone is 1. The molecule has 2 aliphatic heterocycles. The predicted octanol–water partition coefficient (Wildman–Crippen LogP) is 2.11. The minimum absolute atomic E-state index is 0.0532. The van der Waals surface area contributed by atoms with Gasteiger partial charge in [-0.15, -0.1) is 0 Å². The molecular weight excluding hydrogens is 343 g/mol. The van der Waals surface area contributed by atoms with Crippen molar-refractivity contribution in [2.24, 2.45) is 10.5 Å². The fourth-order valence-electron chi connectivity index (χ4n) is 2.46. The molecule has 0 saturated carbocycles. The second-order valence-electron chi connectivity index (χ2n) is 5.15. The first-order valence-corrected chi connectivity index (χ1v) is 8.37. The summed E-state index contributed by atoms with van der Waals surface area (Å²) in [5.41, 5.74) is 5.60. The minimum Gasteiger partial charge on any atom is -0.426 e. The standard InChI is InChI=1S/C11H9F4N4O3P/c1-23(17,20)19-6-3-8-7(2-5(6)18-9(19)4-16)21-10(12,13)11(14,15)22-8/h2,6H,3H2,1H3,(H2,17,20). The van der Waals surface area contributed by atoms with E-state index in [-0.39, 0.29) is 11.5 Å². The number of halogens is 4. The molecule has 0 spiro atoms. The molecule has 2 N–H and O–H groups in total. The molecule has 0 fully saturated rings. The van der Waals surface area contributed by atoms with Gasteiger partial charge in [-0.3, -0.25) is 14.7 Å². The van der Waals surface area contributed by atoms with Crippen LogP contribution < -0.4 is 5.50 Å². The molecule has 3 aliphatic rings. The third-order valence-electron chi connectivity index (χ3n) is 3.38. The van der Waals surface area contributed by atoms with Gasteiger partial charge in [0.1, 0.15) is 11.8 Å². The van der Waals surface area contributed by atoms with E-state index >= 15 is 0 Å². The van der Waals surface area contributed by atoms with Crippen molar-refractivity contribution in [1.82, 2.24) is 4.67 Å². The van der Waals surface area contributed by atoms with E-state index in [2.05, 4.69) is 14.5 Å². The molecule has 3 rings (SSSR count). The van der Waals surface area contributed by atoms with Crippen molar-refractivity contribution in [2.45, 2.75) is 24.7 Å².